The predicted molar refractivity (Wildman–Crippen MR) is 113 cm³/mol. The van der Waals surface area contributed by atoms with Crippen LogP contribution in [-0.4, -0.2) is 37.4 Å². The topological polar surface area (TPSA) is 50.8 Å². The van der Waals surface area contributed by atoms with Crippen molar-refractivity contribution in [2.45, 2.75) is 24.4 Å². The average Bonchev–Trinajstić information content (AvgIpc) is 3.15. The minimum Gasteiger partial charge on any atom is -0.404 e. The molecular formula is C21H21ClF3N3OS. The standard InChI is InChI=1S/C21H21ClF3N3OS/c22-18-9-15-19(30-18)20(29-13-21(15,24)25)5-7-28(8-6-20)12-14(10-26)11-27-17-4-2-1-3-16(17)23/h1-4,9-11H,5-8,12-13,26H2. The Labute approximate surface area is 181 Å². The summed E-state index contributed by atoms with van der Waals surface area (Å²) in [7, 11) is 0. The van der Waals surface area contributed by atoms with Gasteiger partial charge in [-0.1, -0.05) is 23.7 Å². The maximum atomic E-state index is 14.2. The summed E-state index contributed by atoms with van der Waals surface area (Å²) in [6, 6.07) is 7.62. The highest BCUT2D eigenvalue weighted by Gasteiger charge is 2.51. The highest BCUT2D eigenvalue weighted by Crippen LogP contribution is 2.52. The number of thiophene rings is 1. The number of rotatable bonds is 4. The van der Waals surface area contributed by atoms with Gasteiger partial charge in [0.15, 0.2) is 0 Å². The molecule has 1 spiro atoms. The fourth-order valence-corrected chi connectivity index (χ4v) is 5.37. The van der Waals surface area contributed by atoms with E-state index >= 15 is 0 Å². The van der Waals surface area contributed by atoms with Crippen LogP contribution in [0.25, 0.3) is 0 Å². The van der Waals surface area contributed by atoms with Gasteiger partial charge in [-0.25, -0.2) is 4.39 Å². The van der Waals surface area contributed by atoms with Crippen LogP contribution in [0.5, 0.6) is 0 Å². The first kappa shape index (κ1) is 21.4. The lowest BCUT2D eigenvalue weighted by Gasteiger charge is -2.45. The zero-order valence-corrected chi connectivity index (χ0v) is 17.7. The summed E-state index contributed by atoms with van der Waals surface area (Å²) in [5.41, 5.74) is 5.99. The van der Waals surface area contributed by atoms with Crippen LogP contribution in [-0.2, 0) is 16.3 Å². The van der Waals surface area contributed by atoms with E-state index in [-0.39, 0.29) is 11.3 Å². The molecule has 0 saturated carbocycles. The van der Waals surface area contributed by atoms with Gasteiger partial charge in [0.05, 0.1) is 10.0 Å². The fraction of sp³-hybridized carbons (Fsp3) is 0.381. The zero-order valence-electron chi connectivity index (χ0n) is 16.1. The van der Waals surface area contributed by atoms with E-state index in [1.54, 1.807) is 24.4 Å². The minimum atomic E-state index is -3.01. The van der Waals surface area contributed by atoms with Gasteiger partial charge in [-0.05, 0) is 42.8 Å². The molecule has 2 N–H and O–H groups in total. The van der Waals surface area contributed by atoms with Crippen molar-refractivity contribution in [2.24, 2.45) is 10.7 Å². The molecule has 0 atom stereocenters. The molecule has 4 nitrogen and oxygen atoms in total. The van der Waals surface area contributed by atoms with Gasteiger partial charge in [0.1, 0.15) is 18.0 Å². The normalized spacial score (nSPS) is 21.3. The molecule has 0 amide bonds. The third-order valence-corrected chi connectivity index (χ3v) is 6.99. The molecule has 2 aliphatic heterocycles. The van der Waals surface area contributed by atoms with E-state index in [0.717, 1.165) is 5.57 Å². The van der Waals surface area contributed by atoms with Gasteiger partial charge in [-0.15, -0.1) is 11.3 Å². The molecule has 30 heavy (non-hydrogen) atoms. The monoisotopic (exact) mass is 455 g/mol. The number of piperidine rings is 1. The van der Waals surface area contributed by atoms with Gasteiger partial charge in [0, 0.05) is 36.3 Å². The third kappa shape index (κ3) is 4.14. The predicted octanol–water partition coefficient (Wildman–Crippen LogP) is 5.20. The Morgan fingerprint density at radius 1 is 1.30 bits per heavy atom. The molecule has 0 radical (unpaired) electrons. The Hall–Kier alpha value is -1.87. The van der Waals surface area contributed by atoms with Crippen LogP contribution in [0, 0.1) is 5.82 Å². The van der Waals surface area contributed by atoms with E-state index in [1.807, 2.05) is 0 Å². The highest BCUT2D eigenvalue weighted by atomic mass is 35.5. The SMILES string of the molecule is NC=C(C=Nc1ccccc1F)CN1CCC2(CC1)OCC(F)(F)c1cc(Cl)sc12. The lowest BCUT2D eigenvalue weighted by atomic mass is 9.84. The van der Waals surface area contributed by atoms with Gasteiger partial charge in [-0.3, -0.25) is 9.89 Å². The number of para-hydroxylation sites is 1. The summed E-state index contributed by atoms with van der Waals surface area (Å²) in [6.45, 7) is 1.19. The fourth-order valence-electron chi connectivity index (χ4n) is 3.89. The maximum absolute atomic E-state index is 14.2. The molecule has 4 rings (SSSR count). The van der Waals surface area contributed by atoms with Gasteiger partial charge >= 0.3 is 0 Å². The molecule has 9 heteroatoms. The number of alkyl halides is 2. The largest absolute Gasteiger partial charge is 0.404 e. The van der Waals surface area contributed by atoms with E-state index in [4.69, 9.17) is 22.1 Å². The Balaban J connectivity index is 1.43. The van der Waals surface area contributed by atoms with Gasteiger partial charge in [0.25, 0.3) is 5.92 Å². The van der Waals surface area contributed by atoms with E-state index in [0.29, 0.717) is 41.7 Å². The molecule has 0 aliphatic carbocycles. The van der Waals surface area contributed by atoms with Crippen molar-refractivity contribution in [1.29, 1.82) is 0 Å². The number of likely N-dealkylation sites (tertiary alicyclic amines) is 1. The Morgan fingerprint density at radius 3 is 2.73 bits per heavy atom. The molecule has 1 fully saturated rings. The third-order valence-electron chi connectivity index (χ3n) is 5.55. The highest BCUT2D eigenvalue weighted by molar-refractivity contribution is 7.16. The van der Waals surface area contributed by atoms with Crippen molar-refractivity contribution < 1.29 is 17.9 Å². The summed E-state index contributed by atoms with van der Waals surface area (Å²) >= 11 is 7.23. The van der Waals surface area contributed by atoms with E-state index in [1.165, 1.54) is 29.7 Å². The smallest absolute Gasteiger partial charge is 0.297 e. The van der Waals surface area contributed by atoms with Crippen LogP contribution in [0.1, 0.15) is 23.3 Å². The van der Waals surface area contributed by atoms with E-state index in [9.17, 15) is 13.2 Å². The second-order valence-electron chi connectivity index (χ2n) is 7.51. The number of aliphatic imine (C=N–C) groups is 1. The zero-order chi connectivity index (χ0) is 21.4. The first-order valence-corrected chi connectivity index (χ1v) is 10.8. The van der Waals surface area contributed by atoms with Crippen molar-refractivity contribution in [1.82, 2.24) is 4.90 Å². The quantitative estimate of drug-likeness (QED) is 0.645. The molecule has 3 heterocycles. The molecule has 0 bridgehead atoms. The second kappa shape index (κ2) is 8.34. The number of nitrogens with zero attached hydrogens (tertiary/aromatic N) is 2. The van der Waals surface area contributed by atoms with Crippen LogP contribution in [0.15, 0.2) is 47.1 Å². The molecule has 0 unspecified atom stereocenters. The first-order chi connectivity index (χ1) is 14.3. The lowest BCUT2D eigenvalue weighted by Crippen LogP contribution is -2.49. The molecule has 1 saturated heterocycles. The average molecular weight is 456 g/mol. The summed E-state index contributed by atoms with van der Waals surface area (Å²) in [4.78, 5) is 6.87. The number of hydrogen-bond acceptors (Lipinski definition) is 5. The summed E-state index contributed by atoms with van der Waals surface area (Å²) < 4.78 is 48.3. The number of nitrogens with two attached hydrogens (primary N) is 1. The number of hydrogen-bond donors (Lipinski definition) is 1. The first-order valence-electron chi connectivity index (χ1n) is 9.57. The second-order valence-corrected chi connectivity index (χ2v) is 9.19. The molecule has 2 aromatic rings. The van der Waals surface area contributed by atoms with Crippen molar-refractivity contribution >= 4 is 34.8 Å². The van der Waals surface area contributed by atoms with Crippen LogP contribution in [0.4, 0.5) is 18.9 Å². The van der Waals surface area contributed by atoms with E-state index in [2.05, 4.69) is 9.89 Å². The summed E-state index contributed by atoms with van der Waals surface area (Å²) in [5.74, 6) is -3.42. The van der Waals surface area contributed by atoms with E-state index < -0.39 is 23.9 Å². The Kier molecular flexibility index (Phi) is 5.94. The van der Waals surface area contributed by atoms with Crippen molar-refractivity contribution in [3.05, 3.63) is 62.7 Å². The van der Waals surface area contributed by atoms with Crippen LogP contribution in [0.2, 0.25) is 4.34 Å². The molecular weight excluding hydrogens is 435 g/mol. The number of benzene rings is 1. The van der Waals surface area contributed by atoms with Crippen molar-refractivity contribution in [3.63, 3.8) is 0 Å². The molecule has 1 aromatic heterocycles. The summed E-state index contributed by atoms with van der Waals surface area (Å²) in [6.07, 6.45) is 4.16. The lowest BCUT2D eigenvalue weighted by molar-refractivity contribution is -0.181. The van der Waals surface area contributed by atoms with Gasteiger partial charge in [-0.2, -0.15) is 8.78 Å². The Morgan fingerprint density at radius 2 is 2.03 bits per heavy atom. The summed E-state index contributed by atoms with van der Waals surface area (Å²) in [5, 5.41) is 0. The molecule has 2 aliphatic rings. The Bertz CT molecular complexity index is 984. The van der Waals surface area contributed by atoms with Gasteiger partial charge in [0.2, 0.25) is 0 Å². The molecule has 160 valence electrons. The van der Waals surface area contributed by atoms with Crippen molar-refractivity contribution in [2.75, 3.05) is 26.2 Å². The van der Waals surface area contributed by atoms with Crippen LogP contribution in [0.3, 0.4) is 0 Å². The minimum absolute atomic E-state index is 0.00300. The van der Waals surface area contributed by atoms with Crippen molar-refractivity contribution in [3.8, 4) is 0 Å². The number of fused-ring (bicyclic) bond motifs is 2. The number of ether oxygens (including phenoxy) is 1. The number of halogens is 4. The maximum Gasteiger partial charge on any atom is 0.297 e. The van der Waals surface area contributed by atoms with Gasteiger partial charge < -0.3 is 10.5 Å². The van der Waals surface area contributed by atoms with Crippen LogP contribution >= 0.6 is 22.9 Å². The molecule has 1 aromatic carbocycles. The van der Waals surface area contributed by atoms with Crippen LogP contribution < -0.4 is 5.73 Å².